The Labute approximate surface area is 144 Å². The van der Waals surface area contributed by atoms with Crippen molar-refractivity contribution in [2.24, 2.45) is 23.5 Å². The lowest BCUT2D eigenvalue weighted by atomic mass is 9.96. The summed E-state index contributed by atoms with van der Waals surface area (Å²) in [6.07, 6.45) is 1.18. The molecule has 5 N–H and O–H groups in total. The molecule has 0 aromatic carbocycles. The second-order valence-corrected chi connectivity index (χ2v) is 7.18. The predicted molar refractivity (Wildman–Crippen MR) is 93.2 cm³/mol. The van der Waals surface area contributed by atoms with Gasteiger partial charge in [-0.25, -0.2) is 4.79 Å². The molecule has 0 aliphatic heterocycles. The van der Waals surface area contributed by atoms with E-state index in [1.165, 1.54) is 0 Å². The number of hydrogen-bond donors (Lipinski definition) is 4. The number of nitrogens with one attached hydrogen (secondary N) is 2. The molecule has 0 aromatic heterocycles. The van der Waals surface area contributed by atoms with Crippen LogP contribution in [0.2, 0.25) is 0 Å². The summed E-state index contributed by atoms with van der Waals surface area (Å²) in [6.45, 7) is 11.1. The fourth-order valence-electron chi connectivity index (χ4n) is 2.33. The number of carbonyl (C=O) groups is 3. The number of carboxylic acid groups (broad SMARTS) is 1. The van der Waals surface area contributed by atoms with Crippen LogP contribution in [0, 0.1) is 17.8 Å². The molecule has 0 aromatic rings. The first kappa shape index (κ1) is 22.4. The fraction of sp³-hybridized carbons (Fsp3) is 0.824. The van der Waals surface area contributed by atoms with Crippen LogP contribution in [0.3, 0.4) is 0 Å². The molecule has 7 nitrogen and oxygen atoms in total. The highest BCUT2D eigenvalue weighted by molar-refractivity contribution is 5.92. The molecule has 0 aliphatic carbocycles. The van der Waals surface area contributed by atoms with Crippen molar-refractivity contribution in [2.45, 2.75) is 72.5 Å². The maximum atomic E-state index is 12.5. The molecule has 0 fully saturated rings. The van der Waals surface area contributed by atoms with E-state index in [-0.39, 0.29) is 23.7 Å². The Balaban J connectivity index is 5.09. The summed E-state index contributed by atoms with van der Waals surface area (Å²) in [7, 11) is 0. The molecule has 0 rings (SSSR count). The van der Waals surface area contributed by atoms with Crippen LogP contribution < -0.4 is 16.4 Å². The maximum absolute atomic E-state index is 12.5. The minimum atomic E-state index is -1.09. The van der Waals surface area contributed by atoms with Crippen molar-refractivity contribution in [1.82, 2.24) is 10.6 Å². The second-order valence-electron chi connectivity index (χ2n) is 7.18. The second kappa shape index (κ2) is 10.3. The summed E-state index contributed by atoms with van der Waals surface area (Å²) < 4.78 is 0. The van der Waals surface area contributed by atoms with Crippen molar-refractivity contribution in [2.75, 3.05) is 0 Å². The highest BCUT2D eigenvalue weighted by Crippen LogP contribution is 2.11. The third-order valence-electron chi connectivity index (χ3n) is 4.09. The molecule has 0 spiro atoms. The summed E-state index contributed by atoms with van der Waals surface area (Å²) in [5, 5.41) is 14.4. The minimum Gasteiger partial charge on any atom is -0.480 e. The van der Waals surface area contributed by atoms with Crippen LogP contribution in [-0.2, 0) is 14.4 Å². The van der Waals surface area contributed by atoms with Gasteiger partial charge in [0.25, 0.3) is 0 Å². The zero-order valence-corrected chi connectivity index (χ0v) is 15.6. The molecule has 0 aliphatic rings. The van der Waals surface area contributed by atoms with Crippen molar-refractivity contribution in [3.05, 3.63) is 0 Å². The van der Waals surface area contributed by atoms with E-state index in [0.717, 1.165) is 0 Å². The van der Waals surface area contributed by atoms with Crippen molar-refractivity contribution in [3.63, 3.8) is 0 Å². The Hall–Kier alpha value is -1.63. The van der Waals surface area contributed by atoms with Gasteiger partial charge >= 0.3 is 5.97 Å². The average Bonchev–Trinajstić information content (AvgIpc) is 2.47. The van der Waals surface area contributed by atoms with Gasteiger partial charge in [-0.15, -0.1) is 0 Å². The van der Waals surface area contributed by atoms with Crippen molar-refractivity contribution in [1.29, 1.82) is 0 Å². The molecule has 0 saturated heterocycles. The molecule has 0 saturated carbocycles. The van der Waals surface area contributed by atoms with E-state index in [9.17, 15) is 19.5 Å². The van der Waals surface area contributed by atoms with Crippen LogP contribution in [0.5, 0.6) is 0 Å². The van der Waals surface area contributed by atoms with Gasteiger partial charge in [0.1, 0.15) is 12.1 Å². The van der Waals surface area contributed by atoms with Crippen molar-refractivity contribution >= 4 is 17.8 Å². The van der Waals surface area contributed by atoms with Gasteiger partial charge in [-0.3, -0.25) is 9.59 Å². The summed E-state index contributed by atoms with van der Waals surface area (Å²) in [6, 6.07) is -2.49. The van der Waals surface area contributed by atoms with Crippen LogP contribution in [0.15, 0.2) is 0 Å². The number of amides is 2. The zero-order valence-electron chi connectivity index (χ0n) is 15.6. The summed E-state index contributed by atoms with van der Waals surface area (Å²) >= 11 is 0. The molecule has 0 bridgehead atoms. The molecule has 24 heavy (non-hydrogen) atoms. The fourth-order valence-corrected chi connectivity index (χ4v) is 2.33. The summed E-state index contributed by atoms with van der Waals surface area (Å²) in [4.78, 5) is 36.0. The van der Waals surface area contributed by atoms with Gasteiger partial charge in [0.05, 0.1) is 6.04 Å². The van der Waals surface area contributed by atoms with Gasteiger partial charge in [-0.1, -0.05) is 48.0 Å². The third kappa shape index (κ3) is 7.29. The normalized spacial score (nSPS) is 16.4. The molecule has 0 radical (unpaired) electrons. The first-order valence-electron chi connectivity index (χ1n) is 8.60. The van der Waals surface area contributed by atoms with E-state index in [4.69, 9.17) is 5.73 Å². The number of carbonyl (C=O) groups excluding carboxylic acids is 2. The quantitative estimate of drug-likeness (QED) is 0.473. The SMILES string of the molecule is CC[C@H](C)[C@H](NC(=O)[C@@H](N)CC(C)C)C(=O)N[C@H](C(=O)O)C(C)C. The van der Waals surface area contributed by atoms with Crippen LogP contribution >= 0.6 is 0 Å². The number of nitrogens with two attached hydrogens (primary N) is 1. The van der Waals surface area contributed by atoms with Crippen molar-refractivity contribution in [3.8, 4) is 0 Å². The molecule has 0 unspecified atom stereocenters. The van der Waals surface area contributed by atoms with Gasteiger partial charge < -0.3 is 21.5 Å². The van der Waals surface area contributed by atoms with Crippen LogP contribution in [0.4, 0.5) is 0 Å². The minimum absolute atomic E-state index is 0.137. The van der Waals surface area contributed by atoms with E-state index < -0.39 is 30.0 Å². The third-order valence-corrected chi connectivity index (χ3v) is 4.09. The molecular formula is C17H33N3O4. The molecule has 0 heterocycles. The van der Waals surface area contributed by atoms with E-state index in [0.29, 0.717) is 12.8 Å². The smallest absolute Gasteiger partial charge is 0.326 e. The zero-order chi connectivity index (χ0) is 19.0. The number of carboxylic acids is 1. The van der Waals surface area contributed by atoms with Crippen LogP contribution in [0.1, 0.15) is 54.4 Å². The topological polar surface area (TPSA) is 122 Å². The van der Waals surface area contributed by atoms with Crippen molar-refractivity contribution < 1.29 is 19.5 Å². The average molecular weight is 343 g/mol. The first-order chi connectivity index (χ1) is 11.0. The van der Waals surface area contributed by atoms with Gasteiger partial charge in [-0.05, 0) is 24.2 Å². The van der Waals surface area contributed by atoms with Gasteiger partial charge in [0, 0.05) is 0 Å². The Morgan fingerprint density at radius 2 is 1.46 bits per heavy atom. The summed E-state index contributed by atoms with van der Waals surface area (Å²) in [5.41, 5.74) is 5.87. The number of hydrogen-bond acceptors (Lipinski definition) is 4. The Morgan fingerprint density at radius 1 is 0.958 bits per heavy atom. The Morgan fingerprint density at radius 3 is 1.83 bits per heavy atom. The molecular weight excluding hydrogens is 310 g/mol. The van der Waals surface area contributed by atoms with E-state index >= 15 is 0 Å². The molecule has 140 valence electrons. The van der Waals surface area contributed by atoms with Crippen LogP contribution in [0.25, 0.3) is 0 Å². The lowest BCUT2D eigenvalue weighted by molar-refractivity contribution is -0.143. The Bertz CT molecular complexity index is 438. The molecule has 4 atom stereocenters. The van der Waals surface area contributed by atoms with Gasteiger partial charge in [0.15, 0.2) is 0 Å². The molecule has 7 heteroatoms. The first-order valence-corrected chi connectivity index (χ1v) is 8.60. The van der Waals surface area contributed by atoms with Crippen LogP contribution in [-0.4, -0.2) is 41.0 Å². The standard InChI is InChI=1S/C17H33N3O4/c1-7-11(6)14(20-15(21)12(18)8-9(2)3)16(22)19-13(10(4)5)17(23)24/h9-14H,7-8,18H2,1-6H3,(H,19,22)(H,20,21)(H,23,24)/t11-,12-,13-,14-/m0/s1. The Kier molecular flexibility index (Phi) is 9.58. The maximum Gasteiger partial charge on any atom is 0.326 e. The van der Waals surface area contributed by atoms with Gasteiger partial charge in [-0.2, -0.15) is 0 Å². The van der Waals surface area contributed by atoms with Gasteiger partial charge in [0.2, 0.25) is 11.8 Å². The highest BCUT2D eigenvalue weighted by atomic mass is 16.4. The predicted octanol–water partition coefficient (Wildman–Crippen LogP) is 1.12. The lowest BCUT2D eigenvalue weighted by Gasteiger charge is -2.27. The number of rotatable bonds is 10. The summed E-state index contributed by atoms with van der Waals surface area (Å²) in [5.74, 6) is -2.11. The number of aliphatic carboxylic acids is 1. The van der Waals surface area contributed by atoms with E-state index in [2.05, 4.69) is 10.6 Å². The monoisotopic (exact) mass is 343 g/mol. The van der Waals surface area contributed by atoms with E-state index in [1.54, 1.807) is 13.8 Å². The van der Waals surface area contributed by atoms with E-state index in [1.807, 2.05) is 27.7 Å². The highest BCUT2D eigenvalue weighted by Gasteiger charge is 2.32. The largest absolute Gasteiger partial charge is 0.480 e. The molecule has 2 amide bonds. The lowest BCUT2D eigenvalue weighted by Crippen LogP contribution is -2.57.